The average Bonchev–Trinajstić information content (AvgIpc) is 3.01. The molecule has 1 atom stereocenters. The van der Waals surface area contributed by atoms with Crippen molar-refractivity contribution >= 4 is 5.82 Å². The Hall–Kier alpha value is -1.16. The molecule has 1 aliphatic carbocycles. The molecule has 3 rings (SSSR count). The number of nitrogens with zero attached hydrogens (tertiary/aromatic N) is 3. The fourth-order valence-electron chi connectivity index (χ4n) is 2.91. The highest BCUT2D eigenvalue weighted by atomic mass is 15.2. The van der Waals surface area contributed by atoms with Crippen LogP contribution in [-0.2, 0) is 0 Å². The lowest BCUT2D eigenvalue weighted by Crippen LogP contribution is -2.39. The van der Waals surface area contributed by atoms with E-state index in [1.807, 2.05) is 6.92 Å². The van der Waals surface area contributed by atoms with E-state index < -0.39 is 0 Å². The van der Waals surface area contributed by atoms with Gasteiger partial charge in [-0.15, -0.1) is 0 Å². The Bertz CT molecular complexity index is 416. The van der Waals surface area contributed by atoms with Crippen molar-refractivity contribution in [1.82, 2.24) is 15.3 Å². The molecule has 0 amide bonds. The molecule has 1 aliphatic heterocycles. The number of rotatable bonds is 5. The van der Waals surface area contributed by atoms with Crippen LogP contribution in [0.4, 0.5) is 5.82 Å². The van der Waals surface area contributed by atoms with Gasteiger partial charge in [0.15, 0.2) is 0 Å². The Kier molecular flexibility index (Phi) is 3.69. The molecule has 1 unspecified atom stereocenters. The van der Waals surface area contributed by atoms with Crippen LogP contribution < -0.4 is 10.2 Å². The largest absolute Gasteiger partial charge is 0.355 e. The van der Waals surface area contributed by atoms with Crippen molar-refractivity contribution in [2.75, 3.05) is 24.5 Å². The summed E-state index contributed by atoms with van der Waals surface area (Å²) in [5.74, 6) is 2.89. The van der Waals surface area contributed by atoms with Crippen molar-refractivity contribution in [3.05, 3.63) is 17.6 Å². The molecule has 0 radical (unpaired) electrons. The van der Waals surface area contributed by atoms with Gasteiger partial charge in [0.1, 0.15) is 11.6 Å². The third-order valence-corrected chi connectivity index (χ3v) is 4.06. The summed E-state index contributed by atoms with van der Waals surface area (Å²) in [7, 11) is 0. The van der Waals surface area contributed by atoms with E-state index in [1.54, 1.807) is 0 Å². The van der Waals surface area contributed by atoms with E-state index in [9.17, 15) is 0 Å². The fourth-order valence-corrected chi connectivity index (χ4v) is 2.91. The number of aromatic nitrogens is 2. The van der Waals surface area contributed by atoms with Crippen LogP contribution in [0.5, 0.6) is 0 Å². The van der Waals surface area contributed by atoms with Gasteiger partial charge < -0.3 is 10.2 Å². The van der Waals surface area contributed by atoms with Crippen molar-refractivity contribution < 1.29 is 0 Å². The molecule has 0 spiro atoms. The van der Waals surface area contributed by atoms with E-state index in [4.69, 9.17) is 0 Å². The van der Waals surface area contributed by atoms with Crippen molar-refractivity contribution in [2.45, 2.75) is 45.6 Å². The van der Waals surface area contributed by atoms with Crippen LogP contribution in [0, 0.1) is 19.8 Å². The third-order valence-electron chi connectivity index (χ3n) is 4.06. The molecule has 2 heterocycles. The van der Waals surface area contributed by atoms with E-state index in [1.165, 1.54) is 32.2 Å². The maximum absolute atomic E-state index is 4.64. The predicted molar refractivity (Wildman–Crippen MR) is 77.5 cm³/mol. The van der Waals surface area contributed by atoms with Crippen LogP contribution in [-0.4, -0.2) is 35.6 Å². The first-order chi connectivity index (χ1) is 9.20. The lowest BCUT2D eigenvalue weighted by Gasteiger charge is -2.27. The molecule has 0 aromatic carbocycles. The molecule has 2 fully saturated rings. The molecule has 0 bridgehead atoms. The molecule has 4 heteroatoms. The molecule has 2 aliphatic rings. The molecule has 4 nitrogen and oxygen atoms in total. The summed E-state index contributed by atoms with van der Waals surface area (Å²) in [6.07, 6.45) is 5.38. The summed E-state index contributed by atoms with van der Waals surface area (Å²) in [4.78, 5) is 11.5. The summed E-state index contributed by atoms with van der Waals surface area (Å²) in [6.45, 7) is 7.46. The summed E-state index contributed by atoms with van der Waals surface area (Å²) < 4.78 is 0. The Labute approximate surface area is 115 Å². The molecule has 1 N–H and O–H groups in total. The smallest absolute Gasteiger partial charge is 0.132 e. The number of nitrogens with one attached hydrogen (secondary N) is 1. The minimum absolute atomic E-state index is 0.634. The Morgan fingerprint density at radius 1 is 1.21 bits per heavy atom. The average molecular weight is 260 g/mol. The lowest BCUT2D eigenvalue weighted by molar-refractivity contribution is 0.566. The van der Waals surface area contributed by atoms with Crippen LogP contribution >= 0.6 is 0 Å². The quantitative estimate of drug-likeness (QED) is 0.880. The minimum Gasteiger partial charge on any atom is -0.355 e. The highest BCUT2D eigenvalue weighted by Crippen LogP contribution is 2.31. The second-order valence-electron chi connectivity index (χ2n) is 6.06. The van der Waals surface area contributed by atoms with Crippen LogP contribution in [0.3, 0.4) is 0 Å². The van der Waals surface area contributed by atoms with E-state index in [-0.39, 0.29) is 0 Å². The lowest BCUT2D eigenvalue weighted by atomic mass is 10.2. The van der Waals surface area contributed by atoms with Gasteiger partial charge in [-0.2, -0.15) is 0 Å². The number of hydrogen-bond acceptors (Lipinski definition) is 4. The first-order valence-corrected chi connectivity index (χ1v) is 7.51. The number of anilines is 1. The highest BCUT2D eigenvalue weighted by molar-refractivity contribution is 5.40. The van der Waals surface area contributed by atoms with Crippen molar-refractivity contribution in [3.8, 4) is 0 Å². The molecule has 104 valence electrons. The number of hydrogen-bond donors (Lipinski definition) is 1. The van der Waals surface area contributed by atoms with Gasteiger partial charge in [0.25, 0.3) is 0 Å². The van der Waals surface area contributed by atoms with Gasteiger partial charge >= 0.3 is 0 Å². The second kappa shape index (κ2) is 5.45. The van der Waals surface area contributed by atoms with Gasteiger partial charge in [-0.25, -0.2) is 9.97 Å². The normalized spacial score (nSPS) is 22.7. The topological polar surface area (TPSA) is 41.0 Å². The third kappa shape index (κ3) is 3.44. The second-order valence-corrected chi connectivity index (χ2v) is 6.06. The first-order valence-electron chi connectivity index (χ1n) is 7.51. The molecule has 1 aromatic heterocycles. The molecule has 19 heavy (non-hydrogen) atoms. The number of aryl methyl sites for hydroxylation is 2. The van der Waals surface area contributed by atoms with Crippen molar-refractivity contribution in [2.24, 2.45) is 5.92 Å². The highest BCUT2D eigenvalue weighted by Gasteiger charge is 2.27. The summed E-state index contributed by atoms with van der Waals surface area (Å²) in [6, 6.07) is 2.76. The van der Waals surface area contributed by atoms with Crippen LogP contribution in [0.1, 0.15) is 37.2 Å². The summed E-state index contributed by atoms with van der Waals surface area (Å²) in [5, 5.41) is 3.59. The summed E-state index contributed by atoms with van der Waals surface area (Å²) >= 11 is 0. The predicted octanol–water partition coefficient (Wildman–Crippen LogP) is 2.06. The van der Waals surface area contributed by atoms with E-state index in [0.29, 0.717) is 6.04 Å². The molecule has 1 saturated carbocycles. The standard InChI is InChI=1S/C15H24N4/c1-11-8-15(18-12(2)17-11)19(9-13-5-6-13)10-14-4-3-7-16-14/h8,13-14,16H,3-7,9-10H2,1-2H3. The zero-order chi connectivity index (χ0) is 13.2. The first kappa shape index (κ1) is 12.9. The van der Waals surface area contributed by atoms with Crippen molar-refractivity contribution in [3.63, 3.8) is 0 Å². The van der Waals surface area contributed by atoms with Crippen LogP contribution in [0.2, 0.25) is 0 Å². The molecular weight excluding hydrogens is 236 g/mol. The van der Waals surface area contributed by atoms with Crippen LogP contribution in [0.15, 0.2) is 6.07 Å². The summed E-state index contributed by atoms with van der Waals surface area (Å²) in [5.41, 5.74) is 1.07. The van der Waals surface area contributed by atoms with E-state index in [2.05, 4.69) is 33.2 Å². The monoisotopic (exact) mass is 260 g/mol. The zero-order valence-corrected chi connectivity index (χ0v) is 12.0. The van der Waals surface area contributed by atoms with Crippen LogP contribution in [0.25, 0.3) is 0 Å². The van der Waals surface area contributed by atoms with Gasteiger partial charge in [0.05, 0.1) is 0 Å². The van der Waals surface area contributed by atoms with E-state index in [0.717, 1.165) is 36.3 Å². The maximum Gasteiger partial charge on any atom is 0.132 e. The zero-order valence-electron chi connectivity index (χ0n) is 12.0. The minimum atomic E-state index is 0.634. The Balaban J connectivity index is 1.75. The SMILES string of the molecule is Cc1cc(N(CC2CC2)CC2CCCN2)nc(C)n1. The Morgan fingerprint density at radius 3 is 2.68 bits per heavy atom. The van der Waals surface area contributed by atoms with Gasteiger partial charge in [-0.3, -0.25) is 0 Å². The Morgan fingerprint density at radius 2 is 2.05 bits per heavy atom. The fraction of sp³-hybridized carbons (Fsp3) is 0.733. The van der Waals surface area contributed by atoms with Crippen molar-refractivity contribution in [1.29, 1.82) is 0 Å². The van der Waals surface area contributed by atoms with Gasteiger partial charge in [-0.05, 0) is 52.0 Å². The molecule has 1 aromatic rings. The van der Waals surface area contributed by atoms with E-state index >= 15 is 0 Å². The van der Waals surface area contributed by atoms with Gasteiger partial charge in [0, 0.05) is 30.9 Å². The van der Waals surface area contributed by atoms with Gasteiger partial charge in [-0.1, -0.05) is 0 Å². The molecule has 1 saturated heterocycles. The maximum atomic E-state index is 4.64. The molecular formula is C15H24N4. The van der Waals surface area contributed by atoms with Gasteiger partial charge in [0.2, 0.25) is 0 Å².